The van der Waals surface area contributed by atoms with Crippen molar-refractivity contribution < 1.29 is 4.74 Å². The van der Waals surface area contributed by atoms with E-state index >= 15 is 0 Å². The van der Waals surface area contributed by atoms with Crippen molar-refractivity contribution in [1.29, 1.82) is 0 Å². The fourth-order valence-corrected chi connectivity index (χ4v) is 2.45. The van der Waals surface area contributed by atoms with Crippen molar-refractivity contribution >= 4 is 0 Å². The molecule has 0 fully saturated rings. The van der Waals surface area contributed by atoms with Crippen molar-refractivity contribution in [2.45, 2.75) is 58.8 Å². The van der Waals surface area contributed by atoms with Crippen molar-refractivity contribution in [3.63, 3.8) is 0 Å². The smallest absolute Gasteiger partial charge is 0.131 e. The second kappa shape index (κ2) is 4.40. The lowest BCUT2D eigenvalue weighted by Gasteiger charge is -2.22. The predicted octanol–water partition coefficient (Wildman–Crippen LogP) is 3.31. The van der Waals surface area contributed by atoms with Crippen molar-refractivity contribution in [3.8, 4) is 0 Å². The van der Waals surface area contributed by atoms with Crippen LogP contribution in [0.15, 0.2) is 12.3 Å². The maximum atomic E-state index is 5.82. The van der Waals surface area contributed by atoms with Crippen LogP contribution in [0, 0.1) is 0 Å². The second-order valence-electron chi connectivity index (χ2n) is 4.69. The van der Waals surface area contributed by atoms with E-state index in [1.54, 1.807) is 0 Å². The van der Waals surface area contributed by atoms with E-state index in [0.717, 1.165) is 0 Å². The second-order valence-corrected chi connectivity index (χ2v) is 4.69. The van der Waals surface area contributed by atoms with Crippen LogP contribution in [0.2, 0.25) is 0 Å². The Bertz CT molecular complexity index is 327. The van der Waals surface area contributed by atoms with Gasteiger partial charge in [-0.2, -0.15) is 0 Å². The topological polar surface area (TPSA) is 14.2 Å². The van der Waals surface area contributed by atoms with Crippen LogP contribution in [0.1, 0.15) is 51.1 Å². The maximum Gasteiger partial charge on any atom is 0.131 e. The van der Waals surface area contributed by atoms with Gasteiger partial charge in [0.1, 0.15) is 6.23 Å². The molecule has 1 heterocycles. The zero-order chi connectivity index (χ0) is 10.8. The van der Waals surface area contributed by atoms with Crippen molar-refractivity contribution in [2.24, 2.45) is 0 Å². The molecule has 1 aliphatic carbocycles. The Hall–Kier alpha value is -0.760. The summed E-state index contributed by atoms with van der Waals surface area (Å²) in [6.07, 6.45) is 7.78. The molecule has 1 aromatic heterocycles. The largest absolute Gasteiger partial charge is 0.356 e. The van der Waals surface area contributed by atoms with Gasteiger partial charge in [0.25, 0.3) is 0 Å². The molecular formula is C13H21NO. The molecule has 0 radical (unpaired) electrons. The third kappa shape index (κ3) is 2.25. The number of ether oxygens (including phenoxy) is 1. The van der Waals surface area contributed by atoms with E-state index in [9.17, 15) is 0 Å². The zero-order valence-corrected chi connectivity index (χ0v) is 9.99. The Balaban J connectivity index is 2.17. The molecule has 2 rings (SSSR count). The van der Waals surface area contributed by atoms with Crippen LogP contribution in [0.3, 0.4) is 0 Å². The fourth-order valence-electron chi connectivity index (χ4n) is 2.45. The van der Waals surface area contributed by atoms with E-state index in [2.05, 4.69) is 37.6 Å². The van der Waals surface area contributed by atoms with Crippen LogP contribution in [0.4, 0.5) is 0 Å². The van der Waals surface area contributed by atoms with Crippen LogP contribution in [0.5, 0.6) is 0 Å². The molecule has 1 atom stereocenters. The Kier molecular flexibility index (Phi) is 3.15. The van der Waals surface area contributed by atoms with Crippen molar-refractivity contribution in [1.82, 2.24) is 4.57 Å². The van der Waals surface area contributed by atoms with Crippen molar-refractivity contribution in [3.05, 3.63) is 23.5 Å². The van der Waals surface area contributed by atoms with E-state index in [0.29, 0.717) is 6.10 Å². The van der Waals surface area contributed by atoms with Gasteiger partial charge in [-0.25, -0.2) is 0 Å². The van der Waals surface area contributed by atoms with E-state index < -0.39 is 0 Å². The fraction of sp³-hybridized carbons (Fsp3) is 0.692. The average Bonchev–Trinajstić information content (AvgIpc) is 2.59. The molecule has 0 saturated heterocycles. The third-order valence-corrected chi connectivity index (χ3v) is 3.09. The number of nitrogens with zero attached hydrogens (tertiary/aromatic N) is 1. The molecule has 15 heavy (non-hydrogen) atoms. The standard InChI is InChI=1S/C13H21NO/c1-10(2)15-11(3)14-9-8-12-6-4-5-7-13(12)14/h8-11H,4-7H2,1-3H3. The molecular weight excluding hydrogens is 186 g/mol. The van der Waals surface area contributed by atoms with Gasteiger partial charge in [-0.1, -0.05) is 0 Å². The number of fused-ring (bicyclic) bond motifs is 1. The summed E-state index contributed by atoms with van der Waals surface area (Å²) in [4.78, 5) is 0. The number of hydrogen-bond acceptors (Lipinski definition) is 1. The maximum absolute atomic E-state index is 5.82. The van der Waals surface area contributed by atoms with E-state index in [1.807, 2.05) is 0 Å². The summed E-state index contributed by atoms with van der Waals surface area (Å²) in [6, 6.07) is 2.26. The van der Waals surface area contributed by atoms with Crippen LogP contribution in [-0.2, 0) is 17.6 Å². The minimum absolute atomic E-state index is 0.173. The lowest BCUT2D eigenvalue weighted by atomic mass is 9.98. The van der Waals surface area contributed by atoms with Gasteiger partial charge in [-0.3, -0.25) is 0 Å². The monoisotopic (exact) mass is 207 g/mol. The zero-order valence-electron chi connectivity index (χ0n) is 9.99. The van der Waals surface area contributed by atoms with Gasteiger partial charge in [0.15, 0.2) is 0 Å². The van der Waals surface area contributed by atoms with E-state index in [-0.39, 0.29) is 6.23 Å². The van der Waals surface area contributed by atoms with Crippen LogP contribution in [0.25, 0.3) is 0 Å². The number of rotatable bonds is 3. The van der Waals surface area contributed by atoms with Gasteiger partial charge in [0, 0.05) is 11.9 Å². The minimum Gasteiger partial charge on any atom is -0.356 e. The number of hydrogen-bond donors (Lipinski definition) is 0. The highest BCUT2D eigenvalue weighted by molar-refractivity contribution is 5.25. The van der Waals surface area contributed by atoms with Crippen LogP contribution >= 0.6 is 0 Å². The van der Waals surface area contributed by atoms with E-state index in [4.69, 9.17) is 4.74 Å². The number of aromatic nitrogens is 1. The van der Waals surface area contributed by atoms with Crippen molar-refractivity contribution in [2.75, 3.05) is 0 Å². The first-order valence-electron chi connectivity index (χ1n) is 6.02. The molecule has 1 unspecified atom stereocenters. The third-order valence-electron chi connectivity index (χ3n) is 3.09. The molecule has 2 heteroatoms. The Morgan fingerprint density at radius 2 is 1.93 bits per heavy atom. The van der Waals surface area contributed by atoms with Gasteiger partial charge < -0.3 is 9.30 Å². The highest BCUT2D eigenvalue weighted by Gasteiger charge is 2.17. The summed E-state index contributed by atoms with van der Waals surface area (Å²) < 4.78 is 8.12. The predicted molar refractivity (Wildman–Crippen MR) is 62.0 cm³/mol. The summed E-state index contributed by atoms with van der Waals surface area (Å²) in [5.74, 6) is 0. The van der Waals surface area contributed by atoms with Crippen LogP contribution in [-0.4, -0.2) is 10.7 Å². The molecule has 0 spiro atoms. The quantitative estimate of drug-likeness (QED) is 0.741. The van der Waals surface area contributed by atoms with Crippen LogP contribution < -0.4 is 0 Å². The SMILES string of the molecule is CC(C)OC(C)n1ccc2c1CCCC2. The summed E-state index contributed by atoms with van der Waals surface area (Å²) in [7, 11) is 0. The molecule has 1 aliphatic rings. The molecule has 0 bridgehead atoms. The summed E-state index contributed by atoms with van der Waals surface area (Å²) in [5.41, 5.74) is 3.02. The molecule has 0 saturated carbocycles. The molecule has 0 aromatic carbocycles. The molecule has 0 aliphatic heterocycles. The summed E-state index contributed by atoms with van der Waals surface area (Å²) in [6.45, 7) is 6.31. The van der Waals surface area contributed by atoms with Gasteiger partial charge >= 0.3 is 0 Å². The lowest BCUT2D eigenvalue weighted by molar-refractivity contribution is -0.0263. The highest BCUT2D eigenvalue weighted by atomic mass is 16.5. The highest BCUT2D eigenvalue weighted by Crippen LogP contribution is 2.25. The molecule has 1 aromatic rings. The Morgan fingerprint density at radius 1 is 1.20 bits per heavy atom. The van der Waals surface area contributed by atoms with Gasteiger partial charge in [-0.15, -0.1) is 0 Å². The first-order chi connectivity index (χ1) is 7.18. The number of aryl methyl sites for hydroxylation is 1. The Labute approximate surface area is 92.2 Å². The summed E-state index contributed by atoms with van der Waals surface area (Å²) in [5, 5.41) is 0. The minimum atomic E-state index is 0.173. The first kappa shape index (κ1) is 10.7. The molecule has 84 valence electrons. The molecule has 0 amide bonds. The van der Waals surface area contributed by atoms with Gasteiger partial charge in [-0.05, 0) is 58.1 Å². The van der Waals surface area contributed by atoms with E-state index in [1.165, 1.54) is 36.9 Å². The normalized spacial score (nSPS) is 17.9. The average molecular weight is 207 g/mol. The Morgan fingerprint density at radius 3 is 2.67 bits per heavy atom. The summed E-state index contributed by atoms with van der Waals surface area (Å²) >= 11 is 0. The van der Waals surface area contributed by atoms with Gasteiger partial charge in [0.2, 0.25) is 0 Å². The first-order valence-corrected chi connectivity index (χ1v) is 6.02. The molecule has 0 N–H and O–H groups in total. The van der Waals surface area contributed by atoms with Gasteiger partial charge in [0.05, 0.1) is 6.10 Å². The lowest BCUT2D eigenvalue weighted by Crippen LogP contribution is -2.17. The molecule has 2 nitrogen and oxygen atoms in total.